The van der Waals surface area contributed by atoms with Gasteiger partial charge in [0.2, 0.25) is 6.35 Å². The number of nitrogens with one attached hydrogen (secondary N) is 1. The Labute approximate surface area is 127 Å². The van der Waals surface area contributed by atoms with Crippen molar-refractivity contribution in [2.75, 3.05) is 6.61 Å². The van der Waals surface area contributed by atoms with Crippen molar-refractivity contribution in [2.24, 2.45) is 16.2 Å². The van der Waals surface area contributed by atoms with E-state index in [1.54, 1.807) is 6.07 Å². The predicted octanol–water partition coefficient (Wildman–Crippen LogP) is 2.89. The maximum absolute atomic E-state index is 13.3. The van der Waals surface area contributed by atoms with E-state index >= 15 is 0 Å². The van der Waals surface area contributed by atoms with Crippen molar-refractivity contribution in [3.8, 4) is 0 Å². The summed E-state index contributed by atoms with van der Waals surface area (Å²) in [5, 5.41) is 10.4. The van der Waals surface area contributed by atoms with Crippen molar-refractivity contribution < 1.29 is 9.13 Å². The van der Waals surface area contributed by atoms with E-state index in [4.69, 9.17) is 22.2 Å². The van der Waals surface area contributed by atoms with Crippen LogP contribution in [0.2, 0.25) is 5.02 Å². The van der Waals surface area contributed by atoms with Crippen LogP contribution in [-0.2, 0) is 10.2 Å². The molecule has 1 aliphatic heterocycles. The standard InChI is InChI=1S/C14H18ClFN4O/c15-11-7-9(1-2-12(11)16)14(5-6-14)4-3-10-8-21-13(18-10)19-20-17/h1-2,7,10,13,18H,3-6,8H2,(H2,17,19)/t10-,13?/m0/s1. The average molecular weight is 313 g/mol. The summed E-state index contributed by atoms with van der Waals surface area (Å²) in [4.78, 5) is 0. The molecule has 2 fully saturated rings. The Bertz CT molecular complexity index is 550. The first kappa shape index (κ1) is 14.7. The Balaban J connectivity index is 1.59. The molecule has 1 aliphatic carbocycles. The van der Waals surface area contributed by atoms with E-state index in [1.165, 1.54) is 6.07 Å². The second kappa shape index (κ2) is 5.87. The van der Waals surface area contributed by atoms with Crippen LogP contribution in [0, 0.1) is 5.82 Å². The van der Waals surface area contributed by atoms with Gasteiger partial charge < -0.3 is 10.6 Å². The van der Waals surface area contributed by atoms with Gasteiger partial charge in [-0.2, -0.15) is 0 Å². The van der Waals surface area contributed by atoms with Gasteiger partial charge in [0, 0.05) is 6.04 Å². The van der Waals surface area contributed by atoms with Crippen LogP contribution in [0.4, 0.5) is 4.39 Å². The SMILES string of the molecule is NN=NC1N[C@@H](CCC2(c3ccc(F)c(Cl)c3)CC2)CO1. The number of rotatable bonds is 5. The summed E-state index contributed by atoms with van der Waals surface area (Å²) in [5.41, 5.74) is 1.28. The third-order valence-corrected chi connectivity index (χ3v) is 4.65. The quantitative estimate of drug-likeness (QED) is 0.499. The van der Waals surface area contributed by atoms with Crippen LogP contribution in [0.25, 0.3) is 0 Å². The zero-order valence-electron chi connectivity index (χ0n) is 11.6. The first-order valence-electron chi connectivity index (χ1n) is 7.06. The third kappa shape index (κ3) is 3.17. The predicted molar refractivity (Wildman–Crippen MR) is 77.3 cm³/mol. The minimum absolute atomic E-state index is 0.145. The Morgan fingerprint density at radius 3 is 2.95 bits per heavy atom. The van der Waals surface area contributed by atoms with E-state index in [1.807, 2.05) is 6.07 Å². The first-order chi connectivity index (χ1) is 10.1. The van der Waals surface area contributed by atoms with Gasteiger partial charge in [0.25, 0.3) is 0 Å². The summed E-state index contributed by atoms with van der Waals surface area (Å²) in [5.74, 6) is 4.64. The fraction of sp³-hybridized carbons (Fsp3) is 0.571. The van der Waals surface area contributed by atoms with Crippen LogP contribution >= 0.6 is 11.6 Å². The van der Waals surface area contributed by atoms with Crippen molar-refractivity contribution in [1.82, 2.24) is 5.32 Å². The minimum atomic E-state index is -0.435. The molecule has 1 heterocycles. The van der Waals surface area contributed by atoms with Crippen molar-refractivity contribution in [2.45, 2.75) is 43.5 Å². The van der Waals surface area contributed by atoms with Crippen molar-refractivity contribution in [3.05, 3.63) is 34.6 Å². The summed E-state index contributed by atoms with van der Waals surface area (Å²) in [7, 11) is 0. The number of nitrogens with two attached hydrogens (primary N) is 1. The zero-order valence-corrected chi connectivity index (χ0v) is 12.3. The summed E-state index contributed by atoms with van der Waals surface area (Å²) in [6.07, 6.45) is 3.78. The molecule has 0 radical (unpaired) electrons. The van der Waals surface area contributed by atoms with E-state index in [0.717, 1.165) is 31.2 Å². The minimum Gasteiger partial charge on any atom is -0.341 e. The first-order valence-corrected chi connectivity index (χ1v) is 7.44. The highest BCUT2D eigenvalue weighted by molar-refractivity contribution is 6.30. The van der Waals surface area contributed by atoms with E-state index in [9.17, 15) is 4.39 Å². The normalized spacial score (nSPS) is 27.3. The Morgan fingerprint density at radius 1 is 1.48 bits per heavy atom. The fourth-order valence-electron chi connectivity index (χ4n) is 2.91. The second-order valence-electron chi connectivity index (χ2n) is 5.73. The molecular weight excluding hydrogens is 295 g/mol. The molecular formula is C14H18ClFN4O. The molecule has 5 nitrogen and oxygen atoms in total. The van der Waals surface area contributed by atoms with Crippen LogP contribution in [0.15, 0.2) is 28.5 Å². The molecule has 114 valence electrons. The summed E-state index contributed by atoms with van der Waals surface area (Å²) in [6, 6.07) is 5.30. The Hall–Kier alpha value is -1.24. The van der Waals surface area contributed by atoms with Gasteiger partial charge in [-0.05, 0) is 48.8 Å². The van der Waals surface area contributed by atoms with Gasteiger partial charge in [0.15, 0.2) is 0 Å². The van der Waals surface area contributed by atoms with Crippen LogP contribution in [0.3, 0.4) is 0 Å². The molecule has 3 rings (SSSR count). The molecule has 1 saturated heterocycles. The molecule has 0 spiro atoms. The van der Waals surface area contributed by atoms with E-state index in [0.29, 0.717) is 6.61 Å². The van der Waals surface area contributed by atoms with Crippen molar-refractivity contribution >= 4 is 11.6 Å². The highest BCUT2D eigenvalue weighted by atomic mass is 35.5. The summed E-state index contributed by atoms with van der Waals surface area (Å²) in [6.45, 7) is 0.601. The highest BCUT2D eigenvalue weighted by Crippen LogP contribution is 2.52. The number of hydrogen-bond acceptors (Lipinski definition) is 4. The number of nitrogens with zero attached hydrogens (tertiary/aromatic N) is 2. The third-order valence-electron chi connectivity index (χ3n) is 4.36. The van der Waals surface area contributed by atoms with Crippen molar-refractivity contribution in [1.29, 1.82) is 0 Å². The lowest BCUT2D eigenvalue weighted by molar-refractivity contribution is 0.101. The molecule has 21 heavy (non-hydrogen) atoms. The highest BCUT2D eigenvalue weighted by Gasteiger charge is 2.44. The molecule has 2 aliphatic rings. The van der Waals surface area contributed by atoms with Crippen LogP contribution < -0.4 is 11.2 Å². The summed E-state index contributed by atoms with van der Waals surface area (Å²) < 4.78 is 18.7. The number of hydrogen-bond donors (Lipinski definition) is 2. The number of ether oxygens (including phenoxy) is 1. The van der Waals surface area contributed by atoms with Crippen LogP contribution in [-0.4, -0.2) is 19.0 Å². The van der Waals surface area contributed by atoms with Gasteiger partial charge >= 0.3 is 0 Å². The van der Waals surface area contributed by atoms with E-state index in [-0.39, 0.29) is 22.3 Å². The zero-order chi connectivity index (χ0) is 14.9. The molecule has 1 unspecified atom stereocenters. The van der Waals surface area contributed by atoms with Gasteiger partial charge in [-0.3, -0.25) is 5.32 Å². The summed E-state index contributed by atoms with van der Waals surface area (Å²) >= 11 is 5.89. The Kier molecular flexibility index (Phi) is 4.10. The molecule has 1 aromatic rings. The van der Waals surface area contributed by atoms with Gasteiger partial charge in [-0.1, -0.05) is 22.9 Å². The molecule has 3 N–H and O–H groups in total. The number of halogens is 2. The molecule has 1 saturated carbocycles. The van der Waals surface area contributed by atoms with Gasteiger partial charge in [-0.25, -0.2) is 4.39 Å². The van der Waals surface area contributed by atoms with Crippen molar-refractivity contribution in [3.63, 3.8) is 0 Å². The van der Waals surface area contributed by atoms with Crippen LogP contribution in [0.1, 0.15) is 31.2 Å². The molecule has 0 amide bonds. The molecule has 0 aromatic heterocycles. The lowest BCUT2D eigenvalue weighted by Gasteiger charge is -2.18. The monoisotopic (exact) mass is 312 g/mol. The van der Waals surface area contributed by atoms with Gasteiger partial charge in [0.1, 0.15) is 5.82 Å². The maximum Gasteiger partial charge on any atom is 0.226 e. The molecule has 0 bridgehead atoms. The lowest BCUT2D eigenvalue weighted by Crippen LogP contribution is -2.30. The maximum atomic E-state index is 13.3. The smallest absolute Gasteiger partial charge is 0.226 e. The Morgan fingerprint density at radius 2 is 2.29 bits per heavy atom. The molecule has 2 atom stereocenters. The van der Waals surface area contributed by atoms with E-state index < -0.39 is 6.35 Å². The van der Waals surface area contributed by atoms with E-state index in [2.05, 4.69) is 15.7 Å². The van der Waals surface area contributed by atoms with Crippen LogP contribution in [0.5, 0.6) is 0 Å². The van der Waals surface area contributed by atoms with Gasteiger partial charge in [-0.15, -0.1) is 5.11 Å². The number of benzene rings is 1. The topological polar surface area (TPSA) is 72.0 Å². The largest absolute Gasteiger partial charge is 0.341 e. The molecule has 7 heteroatoms. The second-order valence-corrected chi connectivity index (χ2v) is 6.14. The molecule has 1 aromatic carbocycles. The lowest BCUT2D eigenvalue weighted by atomic mass is 9.89. The fourth-order valence-corrected chi connectivity index (χ4v) is 3.09. The average Bonchev–Trinajstić information content (AvgIpc) is 3.14. The van der Waals surface area contributed by atoms with Gasteiger partial charge in [0.05, 0.1) is 11.6 Å².